The first kappa shape index (κ1) is 28.7. The van der Waals surface area contributed by atoms with E-state index in [1.165, 1.54) is 37.4 Å². The highest BCUT2D eigenvalue weighted by molar-refractivity contribution is 7.92. The van der Waals surface area contributed by atoms with Crippen LogP contribution in [-0.4, -0.2) is 33.9 Å². The largest absolute Gasteiger partial charge is 0.495 e. The monoisotopic (exact) mass is 577 g/mol. The number of nitrogens with one attached hydrogen (secondary N) is 2. The van der Waals surface area contributed by atoms with Crippen LogP contribution in [0, 0.1) is 0 Å². The van der Waals surface area contributed by atoms with Gasteiger partial charge in [0, 0.05) is 0 Å². The summed E-state index contributed by atoms with van der Waals surface area (Å²) in [6, 6.07) is 28.0. The number of nitrogens with zero attached hydrogens (tertiary/aromatic N) is 1. The Bertz CT molecular complexity index is 1600. The number of amides is 2. The maximum atomic E-state index is 13.6. The van der Waals surface area contributed by atoms with Crippen molar-refractivity contribution in [3.05, 3.63) is 119 Å². The van der Waals surface area contributed by atoms with Crippen molar-refractivity contribution in [2.24, 2.45) is 0 Å². The van der Waals surface area contributed by atoms with E-state index in [1.807, 2.05) is 37.3 Å². The van der Waals surface area contributed by atoms with Crippen molar-refractivity contribution < 1.29 is 22.7 Å². The highest BCUT2D eigenvalue weighted by Crippen LogP contribution is 2.32. The van der Waals surface area contributed by atoms with E-state index in [9.17, 15) is 18.0 Å². The molecule has 1 atom stereocenters. The molecule has 0 saturated carbocycles. The van der Waals surface area contributed by atoms with E-state index in [4.69, 9.17) is 16.3 Å². The van der Waals surface area contributed by atoms with Crippen molar-refractivity contribution >= 4 is 44.8 Å². The molecule has 8 nitrogen and oxygen atoms in total. The van der Waals surface area contributed by atoms with Crippen molar-refractivity contribution in [1.29, 1.82) is 0 Å². The SMILES string of the molecule is COc1ccc(N(CC(=O)Nc2ccccc2C(=O)N[C@H](C)c2ccccc2)S(=O)(=O)c2ccccc2)cc1Cl. The summed E-state index contributed by atoms with van der Waals surface area (Å²) in [6.45, 7) is 1.29. The number of benzene rings is 4. The predicted molar refractivity (Wildman–Crippen MR) is 156 cm³/mol. The van der Waals surface area contributed by atoms with Crippen LogP contribution in [0.3, 0.4) is 0 Å². The molecule has 0 aliphatic heterocycles. The molecule has 0 bridgehead atoms. The molecule has 0 heterocycles. The van der Waals surface area contributed by atoms with Crippen LogP contribution in [0.25, 0.3) is 0 Å². The molecule has 206 valence electrons. The van der Waals surface area contributed by atoms with Gasteiger partial charge in [0.2, 0.25) is 5.91 Å². The van der Waals surface area contributed by atoms with Gasteiger partial charge in [0.1, 0.15) is 12.3 Å². The highest BCUT2D eigenvalue weighted by Gasteiger charge is 2.28. The number of para-hydroxylation sites is 1. The summed E-state index contributed by atoms with van der Waals surface area (Å²) < 4.78 is 33.4. The maximum absolute atomic E-state index is 13.6. The normalized spacial score (nSPS) is 11.8. The molecule has 4 aromatic carbocycles. The standard InChI is InChI=1S/C30H28ClN3O5S/c1-21(22-11-5-3-6-12-22)32-30(36)25-15-9-10-16-27(25)33-29(35)20-34(23-17-18-28(39-2)26(31)19-23)40(37,38)24-13-7-4-8-14-24/h3-19,21H,20H2,1-2H3,(H,32,36)(H,33,35)/t21-/m1/s1. The lowest BCUT2D eigenvalue weighted by molar-refractivity contribution is -0.114. The first-order chi connectivity index (χ1) is 19.2. The average Bonchev–Trinajstić information content (AvgIpc) is 2.97. The van der Waals surface area contributed by atoms with Crippen LogP contribution in [-0.2, 0) is 14.8 Å². The first-order valence-corrected chi connectivity index (χ1v) is 14.2. The van der Waals surface area contributed by atoms with Gasteiger partial charge in [-0.3, -0.25) is 13.9 Å². The summed E-state index contributed by atoms with van der Waals surface area (Å²) in [5, 5.41) is 5.82. The Morgan fingerprint density at radius 3 is 2.17 bits per heavy atom. The Balaban J connectivity index is 1.60. The maximum Gasteiger partial charge on any atom is 0.264 e. The van der Waals surface area contributed by atoms with Crippen LogP contribution < -0.4 is 19.7 Å². The number of ether oxygens (including phenoxy) is 1. The van der Waals surface area contributed by atoms with Crippen LogP contribution in [0.15, 0.2) is 108 Å². The molecule has 0 fully saturated rings. The number of hydrogen-bond acceptors (Lipinski definition) is 5. The molecular formula is C30H28ClN3O5S. The molecular weight excluding hydrogens is 550 g/mol. The van der Waals surface area contributed by atoms with Gasteiger partial charge in [0.25, 0.3) is 15.9 Å². The fourth-order valence-electron chi connectivity index (χ4n) is 4.05. The van der Waals surface area contributed by atoms with Crippen molar-refractivity contribution in [2.75, 3.05) is 23.3 Å². The van der Waals surface area contributed by atoms with Gasteiger partial charge in [0.05, 0.1) is 40.0 Å². The molecule has 0 radical (unpaired) electrons. The summed E-state index contributed by atoms with van der Waals surface area (Å²) in [5.74, 6) is -0.678. The number of sulfonamides is 1. The zero-order valence-electron chi connectivity index (χ0n) is 21.9. The zero-order chi connectivity index (χ0) is 28.7. The molecule has 0 saturated heterocycles. The van der Waals surface area contributed by atoms with Gasteiger partial charge >= 0.3 is 0 Å². The van der Waals surface area contributed by atoms with Crippen molar-refractivity contribution in [3.8, 4) is 5.75 Å². The van der Waals surface area contributed by atoms with Crippen molar-refractivity contribution in [3.63, 3.8) is 0 Å². The molecule has 0 aromatic heterocycles. The van der Waals surface area contributed by atoms with E-state index >= 15 is 0 Å². The zero-order valence-corrected chi connectivity index (χ0v) is 23.4. The lowest BCUT2D eigenvalue weighted by Gasteiger charge is -2.25. The topological polar surface area (TPSA) is 105 Å². The van der Waals surface area contributed by atoms with Crippen LogP contribution in [0.5, 0.6) is 5.75 Å². The Hall–Kier alpha value is -4.34. The molecule has 40 heavy (non-hydrogen) atoms. The Morgan fingerprint density at radius 1 is 0.900 bits per heavy atom. The number of carbonyl (C=O) groups is 2. The summed E-state index contributed by atoms with van der Waals surface area (Å²) in [5.41, 5.74) is 1.59. The van der Waals surface area contributed by atoms with Crippen LogP contribution in [0.1, 0.15) is 28.9 Å². The molecule has 2 N–H and O–H groups in total. The lowest BCUT2D eigenvalue weighted by atomic mass is 10.1. The smallest absolute Gasteiger partial charge is 0.264 e. The molecule has 0 spiro atoms. The predicted octanol–water partition coefficient (Wildman–Crippen LogP) is 5.67. The third-order valence-corrected chi connectivity index (χ3v) is 8.22. The minimum atomic E-state index is -4.16. The van der Waals surface area contributed by atoms with Gasteiger partial charge in [-0.25, -0.2) is 8.42 Å². The summed E-state index contributed by atoms with van der Waals surface area (Å²) in [7, 11) is -2.71. The Kier molecular flexibility index (Phi) is 9.08. The van der Waals surface area contributed by atoms with Crippen molar-refractivity contribution in [1.82, 2.24) is 5.32 Å². The van der Waals surface area contributed by atoms with Gasteiger partial charge in [-0.1, -0.05) is 72.3 Å². The molecule has 4 rings (SSSR count). The molecule has 0 aliphatic rings. The number of rotatable bonds is 10. The van der Waals surface area contributed by atoms with Gasteiger partial charge in [-0.05, 0) is 55.0 Å². The molecule has 10 heteroatoms. The van der Waals surface area contributed by atoms with E-state index in [0.29, 0.717) is 5.75 Å². The molecule has 0 aliphatic carbocycles. The first-order valence-electron chi connectivity index (χ1n) is 12.4. The van der Waals surface area contributed by atoms with Crippen LogP contribution >= 0.6 is 11.6 Å². The lowest BCUT2D eigenvalue weighted by Crippen LogP contribution is -2.38. The summed E-state index contributed by atoms with van der Waals surface area (Å²) >= 11 is 6.29. The quantitative estimate of drug-likeness (QED) is 0.252. The van der Waals surface area contributed by atoms with Gasteiger partial charge in [-0.2, -0.15) is 0 Å². The Morgan fingerprint density at radius 2 is 1.52 bits per heavy atom. The second-order valence-electron chi connectivity index (χ2n) is 8.84. The second kappa shape index (κ2) is 12.7. The van der Waals surface area contributed by atoms with Crippen LogP contribution in [0.4, 0.5) is 11.4 Å². The van der Waals surface area contributed by atoms with Gasteiger partial charge < -0.3 is 15.4 Å². The summed E-state index contributed by atoms with van der Waals surface area (Å²) in [4.78, 5) is 26.4. The average molecular weight is 578 g/mol. The number of carbonyl (C=O) groups excluding carboxylic acids is 2. The number of halogens is 1. The fourth-order valence-corrected chi connectivity index (χ4v) is 5.74. The molecule has 0 unspecified atom stereocenters. The summed E-state index contributed by atoms with van der Waals surface area (Å²) in [6.07, 6.45) is 0. The molecule has 4 aromatic rings. The third kappa shape index (κ3) is 6.62. The minimum Gasteiger partial charge on any atom is -0.495 e. The number of anilines is 2. The number of hydrogen-bond donors (Lipinski definition) is 2. The van der Waals surface area contributed by atoms with E-state index in [-0.39, 0.29) is 38.8 Å². The van der Waals surface area contributed by atoms with Gasteiger partial charge in [0.15, 0.2) is 0 Å². The van der Waals surface area contributed by atoms with E-state index in [0.717, 1.165) is 9.87 Å². The highest BCUT2D eigenvalue weighted by atomic mass is 35.5. The fraction of sp³-hybridized carbons (Fsp3) is 0.133. The minimum absolute atomic E-state index is 0.00409. The van der Waals surface area contributed by atoms with E-state index < -0.39 is 22.5 Å². The Labute approximate surface area is 238 Å². The van der Waals surface area contributed by atoms with Gasteiger partial charge in [-0.15, -0.1) is 0 Å². The molecule has 2 amide bonds. The van der Waals surface area contributed by atoms with Crippen molar-refractivity contribution in [2.45, 2.75) is 17.9 Å². The van der Waals surface area contributed by atoms with E-state index in [1.54, 1.807) is 42.5 Å². The number of methoxy groups -OCH3 is 1. The second-order valence-corrected chi connectivity index (χ2v) is 11.1. The van der Waals surface area contributed by atoms with Crippen LogP contribution in [0.2, 0.25) is 5.02 Å². The third-order valence-electron chi connectivity index (χ3n) is 6.13. The van der Waals surface area contributed by atoms with E-state index in [2.05, 4.69) is 10.6 Å².